The van der Waals surface area contributed by atoms with Gasteiger partial charge in [0.1, 0.15) is 30.5 Å². The number of benzene rings is 1. The monoisotopic (exact) mass is 892 g/mol. The van der Waals surface area contributed by atoms with Crippen LogP contribution in [-0.4, -0.2) is 146 Å². The second kappa shape index (κ2) is 28.5. The van der Waals surface area contributed by atoms with Gasteiger partial charge in [-0.05, 0) is 62.8 Å². The van der Waals surface area contributed by atoms with E-state index in [4.69, 9.17) is 11.5 Å². The second-order valence-corrected chi connectivity index (χ2v) is 15.4. The molecule has 1 aromatic carbocycles. The van der Waals surface area contributed by atoms with Crippen LogP contribution in [0.2, 0.25) is 0 Å². The standard InChI is InChI=1S/C40H64N10O13/c1-24(2)20-33(39(59)43-29(23-51)21-28-12-7-6-8-13-28)46-40(60)34(22-35(42)55)47-38(58)32(16-11-19-50(63)27(5)54)45-37(57)31(15-10-18-49(62)26(4)53)44-36(56)30(41)14-9-17-48(61)25(3)52/h6-8,12-13,23-24,29-34,61-63H,9-11,14-22,41H2,1-5H3,(H2,42,55)(H,43,59)(H,44,56)(H,45,57)(H,46,60)(H,47,58). The largest absolute Gasteiger partial charge is 0.370 e. The van der Waals surface area contributed by atoms with Crippen LogP contribution < -0.4 is 38.1 Å². The molecule has 0 saturated carbocycles. The number of carbonyl (C=O) groups is 10. The van der Waals surface area contributed by atoms with Crippen LogP contribution in [0.5, 0.6) is 0 Å². The molecule has 0 heterocycles. The molecule has 0 spiro atoms. The van der Waals surface area contributed by atoms with Crippen LogP contribution in [0.4, 0.5) is 0 Å². The van der Waals surface area contributed by atoms with Gasteiger partial charge in [-0.15, -0.1) is 0 Å². The fourth-order valence-electron chi connectivity index (χ4n) is 5.99. The number of rotatable bonds is 29. The molecule has 12 N–H and O–H groups in total. The number of amides is 9. The van der Waals surface area contributed by atoms with Gasteiger partial charge in [-0.1, -0.05) is 44.2 Å². The zero-order valence-corrected chi connectivity index (χ0v) is 36.4. The lowest BCUT2D eigenvalue weighted by atomic mass is 10.0. The average Bonchev–Trinajstić information content (AvgIpc) is 3.21. The van der Waals surface area contributed by atoms with E-state index in [9.17, 15) is 63.6 Å². The molecule has 6 unspecified atom stereocenters. The Morgan fingerprint density at radius 1 is 0.603 bits per heavy atom. The Morgan fingerprint density at radius 2 is 1.00 bits per heavy atom. The summed E-state index contributed by atoms with van der Waals surface area (Å²) in [4.78, 5) is 127. The molecule has 0 aromatic heterocycles. The average molecular weight is 893 g/mol. The van der Waals surface area contributed by atoms with Gasteiger partial charge in [0.05, 0.1) is 18.5 Å². The summed E-state index contributed by atoms with van der Waals surface area (Å²) in [5, 5.41) is 43.1. The molecule has 0 bridgehead atoms. The van der Waals surface area contributed by atoms with Crippen LogP contribution in [0.15, 0.2) is 30.3 Å². The minimum Gasteiger partial charge on any atom is -0.370 e. The summed E-state index contributed by atoms with van der Waals surface area (Å²) in [6.45, 7) is 6.14. The fraction of sp³-hybridized carbons (Fsp3) is 0.600. The van der Waals surface area contributed by atoms with Crippen LogP contribution >= 0.6 is 0 Å². The number of nitrogens with one attached hydrogen (secondary N) is 5. The van der Waals surface area contributed by atoms with E-state index in [1.54, 1.807) is 44.2 Å². The van der Waals surface area contributed by atoms with Gasteiger partial charge in [0.15, 0.2) is 0 Å². The number of primary amides is 1. The number of hydroxylamine groups is 6. The summed E-state index contributed by atoms with van der Waals surface area (Å²) in [5.41, 5.74) is 12.2. The van der Waals surface area contributed by atoms with Gasteiger partial charge in [0.2, 0.25) is 53.2 Å². The van der Waals surface area contributed by atoms with Crippen molar-refractivity contribution >= 4 is 59.5 Å². The van der Waals surface area contributed by atoms with Crippen molar-refractivity contribution in [3.05, 3.63) is 35.9 Å². The van der Waals surface area contributed by atoms with Crippen LogP contribution in [-0.2, 0) is 54.4 Å². The van der Waals surface area contributed by atoms with Crippen molar-refractivity contribution in [2.75, 3.05) is 19.6 Å². The summed E-state index contributed by atoms with van der Waals surface area (Å²) in [5.74, 6) is -7.86. The molecule has 0 aliphatic rings. The van der Waals surface area contributed by atoms with E-state index in [2.05, 4.69) is 26.6 Å². The van der Waals surface area contributed by atoms with E-state index in [-0.39, 0.29) is 76.9 Å². The Balaban J connectivity index is 3.40. The number of carbonyl (C=O) groups excluding carboxylic acids is 10. The molecule has 23 heteroatoms. The molecule has 352 valence electrons. The lowest BCUT2D eigenvalue weighted by Crippen LogP contribution is -2.59. The Morgan fingerprint density at radius 3 is 1.43 bits per heavy atom. The maximum absolute atomic E-state index is 13.9. The molecule has 0 fully saturated rings. The topological polar surface area (TPSA) is 353 Å². The van der Waals surface area contributed by atoms with Crippen molar-refractivity contribution in [3.63, 3.8) is 0 Å². The van der Waals surface area contributed by atoms with E-state index >= 15 is 0 Å². The van der Waals surface area contributed by atoms with E-state index in [0.29, 0.717) is 21.5 Å². The van der Waals surface area contributed by atoms with Gasteiger partial charge in [-0.25, -0.2) is 15.2 Å². The quantitative estimate of drug-likeness (QED) is 0.0240. The molecule has 0 aliphatic heterocycles. The Bertz CT molecular complexity index is 1720. The third-order valence-corrected chi connectivity index (χ3v) is 9.47. The van der Waals surface area contributed by atoms with Crippen molar-refractivity contribution in [1.82, 2.24) is 41.8 Å². The molecule has 1 aromatic rings. The molecule has 1 rings (SSSR count). The first-order valence-electron chi connectivity index (χ1n) is 20.5. The minimum atomic E-state index is -1.71. The Hall–Kier alpha value is -6.04. The lowest BCUT2D eigenvalue weighted by molar-refractivity contribution is -0.163. The molecule has 0 radical (unpaired) electrons. The maximum Gasteiger partial charge on any atom is 0.243 e. The molecular formula is C40H64N10O13. The SMILES string of the molecule is CC(=O)N(O)CCCC(N)C(=O)NC(CCCN(O)C(C)=O)C(=O)NC(CCCN(O)C(C)=O)C(=O)NC(CC(N)=O)C(=O)NC(CC(C)C)C(=O)NC(C=O)Cc1ccccc1. The van der Waals surface area contributed by atoms with Gasteiger partial charge in [-0.2, -0.15) is 0 Å². The van der Waals surface area contributed by atoms with E-state index in [1.165, 1.54) is 0 Å². The highest BCUT2D eigenvalue weighted by Gasteiger charge is 2.33. The first-order chi connectivity index (χ1) is 29.5. The third-order valence-electron chi connectivity index (χ3n) is 9.47. The summed E-state index contributed by atoms with van der Waals surface area (Å²) in [7, 11) is 0. The zero-order chi connectivity index (χ0) is 47.8. The van der Waals surface area contributed by atoms with Crippen LogP contribution in [0, 0.1) is 5.92 Å². The van der Waals surface area contributed by atoms with Gasteiger partial charge in [0.25, 0.3) is 0 Å². The molecule has 6 atom stereocenters. The van der Waals surface area contributed by atoms with Gasteiger partial charge in [0, 0.05) is 40.4 Å². The van der Waals surface area contributed by atoms with Crippen LogP contribution in [0.25, 0.3) is 0 Å². The second-order valence-electron chi connectivity index (χ2n) is 15.4. The lowest BCUT2D eigenvalue weighted by Gasteiger charge is -2.27. The van der Waals surface area contributed by atoms with Crippen LogP contribution in [0.1, 0.15) is 91.5 Å². The highest BCUT2D eigenvalue weighted by molar-refractivity contribution is 5.97. The minimum absolute atomic E-state index is 0.0353. The number of nitrogens with two attached hydrogens (primary N) is 2. The summed E-state index contributed by atoms with van der Waals surface area (Å²) in [6, 6.07) is 0.700. The molecule has 0 aliphatic carbocycles. The van der Waals surface area contributed by atoms with Crippen molar-refractivity contribution in [2.24, 2.45) is 17.4 Å². The number of hydrogen-bond donors (Lipinski definition) is 10. The predicted molar refractivity (Wildman–Crippen MR) is 222 cm³/mol. The molecule has 0 saturated heterocycles. The first-order valence-corrected chi connectivity index (χ1v) is 20.5. The Kier molecular flexibility index (Phi) is 24.9. The normalized spacial score (nSPS) is 13.7. The maximum atomic E-state index is 13.9. The van der Waals surface area contributed by atoms with E-state index in [1.807, 2.05) is 0 Å². The molecule has 63 heavy (non-hydrogen) atoms. The van der Waals surface area contributed by atoms with Gasteiger partial charge in [-0.3, -0.25) is 58.8 Å². The molecule has 23 nitrogen and oxygen atoms in total. The van der Waals surface area contributed by atoms with Crippen molar-refractivity contribution in [1.29, 1.82) is 0 Å². The first kappa shape index (κ1) is 55.0. The zero-order valence-electron chi connectivity index (χ0n) is 36.4. The smallest absolute Gasteiger partial charge is 0.243 e. The van der Waals surface area contributed by atoms with E-state index in [0.717, 1.165) is 26.3 Å². The summed E-state index contributed by atoms with van der Waals surface area (Å²) < 4.78 is 0. The Labute approximate surface area is 365 Å². The fourth-order valence-corrected chi connectivity index (χ4v) is 5.99. The van der Waals surface area contributed by atoms with Crippen molar-refractivity contribution in [2.45, 2.75) is 129 Å². The van der Waals surface area contributed by atoms with Crippen molar-refractivity contribution in [3.8, 4) is 0 Å². The van der Waals surface area contributed by atoms with Gasteiger partial charge >= 0.3 is 0 Å². The molecule has 9 amide bonds. The van der Waals surface area contributed by atoms with E-state index < -0.39 is 95.8 Å². The van der Waals surface area contributed by atoms with Gasteiger partial charge < -0.3 is 42.8 Å². The summed E-state index contributed by atoms with van der Waals surface area (Å²) >= 11 is 0. The number of nitrogens with zero attached hydrogens (tertiary/aromatic N) is 3. The highest BCUT2D eigenvalue weighted by Crippen LogP contribution is 2.10. The number of aldehydes is 1. The number of hydrogen-bond acceptors (Lipinski definition) is 14. The van der Waals surface area contributed by atoms with Crippen molar-refractivity contribution < 1.29 is 63.6 Å². The highest BCUT2D eigenvalue weighted by atomic mass is 16.5. The summed E-state index contributed by atoms with van der Waals surface area (Å²) in [6.07, 6.45) is -0.578. The third kappa shape index (κ3) is 22.1. The molecular weight excluding hydrogens is 828 g/mol. The van der Waals surface area contributed by atoms with Crippen LogP contribution in [0.3, 0.4) is 0 Å². The predicted octanol–water partition coefficient (Wildman–Crippen LogP) is -1.85.